The lowest BCUT2D eigenvalue weighted by atomic mass is 10.2. The molecule has 0 atom stereocenters. The van der Waals surface area contributed by atoms with Crippen molar-refractivity contribution in [3.05, 3.63) is 35.4 Å². The van der Waals surface area contributed by atoms with E-state index in [0.29, 0.717) is 12.2 Å². The number of rotatable bonds is 3. The molecule has 0 bridgehead atoms. The minimum atomic E-state index is -0.465. The minimum Gasteiger partial charge on any atom is -0.491 e. The van der Waals surface area contributed by atoms with E-state index in [9.17, 15) is 4.39 Å². The molecule has 0 aliphatic heterocycles. The maximum Gasteiger partial charge on any atom is 0.183 e. The Hall–Kier alpha value is -1.75. The van der Waals surface area contributed by atoms with Gasteiger partial charge in [0.1, 0.15) is 0 Å². The highest BCUT2D eigenvalue weighted by molar-refractivity contribution is 6.29. The number of ether oxygens (including phenoxy) is 1. The Morgan fingerprint density at radius 1 is 1.41 bits per heavy atom. The number of hydrogen-bond donors (Lipinski definition) is 0. The molecule has 0 aliphatic carbocycles. The molecule has 0 amide bonds. The molecule has 1 heterocycles. The highest BCUT2D eigenvalue weighted by Gasteiger charge is 2.08. The average molecular weight is 254 g/mol. The average Bonchev–Trinajstić information content (AvgIpc) is 2.32. The zero-order valence-corrected chi connectivity index (χ0v) is 9.78. The Kier molecular flexibility index (Phi) is 3.49. The number of hydrogen-bond acceptors (Lipinski definition) is 4. The molecular formula is C11H9ClFN3O. The van der Waals surface area contributed by atoms with Crippen molar-refractivity contribution in [2.24, 2.45) is 0 Å². The van der Waals surface area contributed by atoms with Gasteiger partial charge in [-0.3, -0.25) is 0 Å². The first-order valence-corrected chi connectivity index (χ1v) is 5.36. The van der Waals surface area contributed by atoms with E-state index in [1.165, 1.54) is 18.3 Å². The van der Waals surface area contributed by atoms with E-state index in [0.717, 1.165) is 0 Å². The maximum absolute atomic E-state index is 13.6. The smallest absolute Gasteiger partial charge is 0.183 e. The molecule has 0 saturated heterocycles. The van der Waals surface area contributed by atoms with Crippen LogP contribution in [0.25, 0.3) is 11.4 Å². The van der Waals surface area contributed by atoms with Gasteiger partial charge in [0.25, 0.3) is 0 Å². The van der Waals surface area contributed by atoms with Crippen LogP contribution in [0.4, 0.5) is 4.39 Å². The molecule has 1 aromatic carbocycles. The van der Waals surface area contributed by atoms with Crippen LogP contribution in [0, 0.1) is 5.82 Å². The Morgan fingerprint density at radius 2 is 2.24 bits per heavy atom. The van der Waals surface area contributed by atoms with Crippen molar-refractivity contribution < 1.29 is 9.13 Å². The van der Waals surface area contributed by atoms with Gasteiger partial charge >= 0.3 is 0 Å². The lowest BCUT2D eigenvalue weighted by Crippen LogP contribution is -1.96. The molecule has 2 rings (SSSR count). The summed E-state index contributed by atoms with van der Waals surface area (Å²) in [6.07, 6.45) is 1.32. The molecule has 0 N–H and O–H groups in total. The quantitative estimate of drug-likeness (QED) is 0.844. The standard InChI is InChI=1S/C11H9ClFN3O/c1-2-17-9-4-3-7(5-8(9)13)11-15-10(12)6-14-16-11/h3-6H,2H2,1H3. The van der Waals surface area contributed by atoms with Gasteiger partial charge in [-0.15, -0.1) is 5.10 Å². The Labute approximate surface area is 102 Å². The molecule has 0 aliphatic rings. The van der Waals surface area contributed by atoms with Gasteiger partial charge in [0, 0.05) is 5.56 Å². The van der Waals surface area contributed by atoms with Crippen LogP contribution in [0.3, 0.4) is 0 Å². The lowest BCUT2D eigenvalue weighted by Gasteiger charge is -2.05. The fourth-order valence-corrected chi connectivity index (χ4v) is 1.44. The van der Waals surface area contributed by atoms with Crippen molar-refractivity contribution in [2.45, 2.75) is 6.92 Å². The van der Waals surface area contributed by atoms with Gasteiger partial charge in [-0.25, -0.2) is 9.37 Å². The van der Waals surface area contributed by atoms with Crippen LogP contribution in [0.5, 0.6) is 5.75 Å². The molecular weight excluding hydrogens is 245 g/mol. The summed E-state index contributed by atoms with van der Waals surface area (Å²) >= 11 is 5.68. The van der Waals surface area contributed by atoms with Crippen LogP contribution in [0.15, 0.2) is 24.4 Å². The van der Waals surface area contributed by atoms with Crippen molar-refractivity contribution in [3.63, 3.8) is 0 Å². The van der Waals surface area contributed by atoms with Gasteiger partial charge in [0.15, 0.2) is 22.5 Å². The van der Waals surface area contributed by atoms with Crippen molar-refractivity contribution in [1.82, 2.24) is 15.2 Å². The normalized spacial score (nSPS) is 10.3. The Morgan fingerprint density at radius 3 is 2.88 bits per heavy atom. The molecule has 88 valence electrons. The molecule has 0 radical (unpaired) electrons. The van der Waals surface area contributed by atoms with Gasteiger partial charge in [-0.2, -0.15) is 5.10 Å². The molecule has 0 fully saturated rings. The summed E-state index contributed by atoms with van der Waals surface area (Å²) in [6.45, 7) is 2.20. The predicted molar refractivity (Wildman–Crippen MR) is 61.4 cm³/mol. The van der Waals surface area contributed by atoms with Crippen LogP contribution in [-0.2, 0) is 0 Å². The zero-order valence-electron chi connectivity index (χ0n) is 9.02. The topological polar surface area (TPSA) is 47.9 Å². The third kappa shape index (κ3) is 2.68. The van der Waals surface area contributed by atoms with Crippen molar-refractivity contribution in [1.29, 1.82) is 0 Å². The number of halogens is 2. The van der Waals surface area contributed by atoms with Gasteiger partial charge in [0.2, 0.25) is 0 Å². The van der Waals surface area contributed by atoms with Crippen LogP contribution in [0.2, 0.25) is 5.15 Å². The lowest BCUT2D eigenvalue weighted by molar-refractivity contribution is 0.321. The minimum absolute atomic E-state index is 0.200. The third-order valence-electron chi connectivity index (χ3n) is 2.02. The van der Waals surface area contributed by atoms with E-state index in [4.69, 9.17) is 16.3 Å². The van der Waals surface area contributed by atoms with Gasteiger partial charge in [-0.1, -0.05) is 11.6 Å². The molecule has 6 heteroatoms. The summed E-state index contributed by atoms with van der Waals surface area (Å²) in [6, 6.07) is 4.47. The molecule has 1 aromatic heterocycles. The van der Waals surface area contributed by atoms with Crippen LogP contribution >= 0.6 is 11.6 Å². The second-order valence-corrected chi connectivity index (χ2v) is 3.57. The zero-order chi connectivity index (χ0) is 12.3. The van der Waals surface area contributed by atoms with E-state index < -0.39 is 5.82 Å². The van der Waals surface area contributed by atoms with Gasteiger partial charge in [0.05, 0.1) is 12.8 Å². The third-order valence-corrected chi connectivity index (χ3v) is 2.20. The van der Waals surface area contributed by atoms with Crippen molar-refractivity contribution >= 4 is 11.6 Å². The molecule has 2 aromatic rings. The molecule has 0 spiro atoms. The number of benzene rings is 1. The molecule has 0 unspecified atom stereocenters. The highest BCUT2D eigenvalue weighted by Crippen LogP contribution is 2.23. The summed E-state index contributed by atoms with van der Waals surface area (Å²) in [5.74, 6) is 0.0126. The Bertz CT molecular complexity index is 536. The van der Waals surface area contributed by atoms with E-state index >= 15 is 0 Å². The summed E-state index contributed by atoms with van der Waals surface area (Å²) in [4.78, 5) is 3.94. The SMILES string of the molecule is CCOc1ccc(-c2nncc(Cl)n2)cc1F. The first-order chi connectivity index (χ1) is 8.20. The predicted octanol–water partition coefficient (Wildman–Crippen LogP) is 2.73. The fraction of sp³-hybridized carbons (Fsp3) is 0.182. The van der Waals surface area contributed by atoms with E-state index in [1.807, 2.05) is 0 Å². The largest absolute Gasteiger partial charge is 0.491 e. The second-order valence-electron chi connectivity index (χ2n) is 3.18. The monoisotopic (exact) mass is 253 g/mol. The molecule has 4 nitrogen and oxygen atoms in total. The first kappa shape index (κ1) is 11.7. The number of aromatic nitrogens is 3. The van der Waals surface area contributed by atoms with E-state index in [-0.39, 0.29) is 16.7 Å². The summed E-state index contributed by atoms with van der Waals surface area (Å²) < 4.78 is 18.7. The van der Waals surface area contributed by atoms with E-state index in [2.05, 4.69) is 15.2 Å². The van der Waals surface area contributed by atoms with Crippen LogP contribution in [0.1, 0.15) is 6.92 Å². The highest BCUT2D eigenvalue weighted by atomic mass is 35.5. The van der Waals surface area contributed by atoms with Gasteiger partial charge < -0.3 is 4.74 Å². The van der Waals surface area contributed by atoms with E-state index in [1.54, 1.807) is 13.0 Å². The van der Waals surface area contributed by atoms with Crippen LogP contribution < -0.4 is 4.74 Å². The summed E-state index contributed by atoms with van der Waals surface area (Å²) in [7, 11) is 0. The van der Waals surface area contributed by atoms with Gasteiger partial charge in [-0.05, 0) is 25.1 Å². The molecule has 17 heavy (non-hydrogen) atoms. The summed E-state index contributed by atoms with van der Waals surface area (Å²) in [5.41, 5.74) is 0.501. The maximum atomic E-state index is 13.6. The Balaban J connectivity index is 2.37. The summed E-state index contributed by atoms with van der Waals surface area (Å²) in [5, 5.41) is 7.64. The second kappa shape index (κ2) is 5.05. The fourth-order valence-electron chi connectivity index (χ4n) is 1.32. The number of nitrogens with zero attached hydrogens (tertiary/aromatic N) is 3. The molecule has 0 saturated carbocycles. The van der Waals surface area contributed by atoms with Crippen LogP contribution in [-0.4, -0.2) is 21.8 Å². The first-order valence-electron chi connectivity index (χ1n) is 4.98. The van der Waals surface area contributed by atoms with Crippen molar-refractivity contribution in [2.75, 3.05) is 6.61 Å². The van der Waals surface area contributed by atoms with Crippen molar-refractivity contribution in [3.8, 4) is 17.1 Å².